The van der Waals surface area contributed by atoms with Gasteiger partial charge in [-0.1, -0.05) is 0 Å². The predicted octanol–water partition coefficient (Wildman–Crippen LogP) is 1.22. The van der Waals surface area contributed by atoms with Crippen molar-refractivity contribution in [3.05, 3.63) is 23.8 Å². The Morgan fingerprint density at radius 3 is 2.74 bits per heavy atom. The van der Waals surface area contributed by atoms with E-state index in [-0.39, 0.29) is 30.2 Å². The number of carbonyl (C=O) groups excluding carboxylic acids is 1. The molecule has 0 unspecified atom stereocenters. The number of nitrogens with zero attached hydrogens (tertiary/aromatic N) is 2. The molecule has 1 amide bonds. The first-order valence-electron chi connectivity index (χ1n) is 5.62. The first kappa shape index (κ1) is 13.3. The first-order chi connectivity index (χ1) is 8.90. The highest BCUT2D eigenvalue weighted by Crippen LogP contribution is 2.35. The highest BCUT2D eigenvalue weighted by Gasteiger charge is 2.28. The molecule has 5 nitrogen and oxygen atoms in total. The molecular weight excluding hydrogens is 258 g/mol. The number of carboxylic acid groups (broad SMARTS) is 1. The van der Waals surface area contributed by atoms with Gasteiger partial charge in [-0.3, -0.25) is 9.59 Å². The van der Waals surface area contributed by atoms with Gasteiger partial charge in [0.2, 0.25) is 5.91 Å². The third-order valence-corrected chi connectivity index (χ3v) is 2.98. The summed E-state index contributed by atoms with van der Waals surface area (Å²) in [7, 11) is 1.38. The summed E-state index contributed by atoms with van der Waals surface area (Å²) in [6, 6.07) is 1.71. The zero-order chi connectivity index (χ0) is 14.2. The highest BCUT2D eigenvalue weighted by atomic mass is 19.1. The second-order valence-corrected chi connectivity index (χ2v) is 4.27. The molecule has 0 saturated carbocycles. The van der Waals surface area contributed by atoms with Gasteiger partial charge in [0.1, 0.15) is 18.0 Å². The Hall–Kier alpha value is -2.18. The average Bonchev–Trinajstić information content (AvgIpc) is 2.41. The number of carboxylic acids is 1. The van der Waals surface area contributed by atoms with Crippen LogP contribution in [0.25, 0.3) is 0 Å². The van der Waals surface area contributed by atoms with Crippen LogP contribution in [-0.2, 0) is 9.59 Å². The molecule has 7 heteroatoms. The van der Waals surface area contributed by atoms with Crippen molar-refractivity contribution >= 4 is 23.3 Å². The number of amides is 1. The van der Waals surface area contributed by atoms with E-state index in [4.69, 9.17) is 5.11 Å². The van der Waals surface area contributed by atoms with Gasteiger partial charge in [0.05, 0.1) is 5.69 Å². The van der Waals surface area contributed by atoms with Gasteiger partial charge >= 0.3 is 5.97 Å². The van der Waals surface area contributed by atoms with Gasteiger partial charge in [-0.15, -0.1) is 0 Å². The zero-order valence-corrected chi connectivity index (χ0v) is 10.2. The third-order valence-electron chi connectivity index (χ3n) is 2.98. The fraction of sp³-hybridized carbons (Fsp3) is 0.333. The maximum Gasteiger partial charge on any atom is 0.323 e. The first-order valence-corrected chi connectivity index (χ1v) is 5.62. The lowest BCUT2D eigenvalue weighted by Gasteiger charge is -2.24. The van der Waals surface area contributed by atoms with Crippen LogP contribution in [0.3, 0.4) is 0 Å². The minimum atomic E-state index is -1.13. The number of fused-ring (bicyclic) bond motifs is 1. The van der Waals surface area contributed by atoms with Crippen molar-refractivity contribution in [2.75, 3.05) is 29.9 Å². The summed E-state index contributed by atoms with van der Waals surface area (Å²) in [6.45, 7) is -0.317. The predicted molar refractivity (Wildman–Crippen MR) is 64.2 cm³/mol. The van der Waals surface area contributed by atoms with Gasteiger partial charge in [0.15, 0.2) is 5.82 Å². The van der Waals surface area contributed by atoms with Crippen LogP contribution >= 0.6 is 0 Å². The molecule has 102 valence electrons. The summed E-state index contributed by atoms with van der Waals surface area (Å²) >= 11 is 0. The van der Waals surface area contributed by atoms with Crippen LogP contribution in [0.4, 0.5) is 20.2 Å². The van der Waals surface area contributed by atoms with Crippen molar-refractivity contribution in [3.63, 3.8) is 0 Å². The molecule has 0 atom stereocenters. The van der Waals surface area contributed by atoms with Crippen LogP contribution in [0, 0.1) is 11.6 Å². The molecule has 0 aliphatic carbocycles. The SMILES string of the molecule is CN1C(=O)CCN(CC(=O)O)c2cc(F)cc(F)c21. The highest BCUT2D eigenvalue weighted by molar-refractivity contribution is 5.98. The van der Waals surface area contributed by atoms with Crippen LogP contribution in [-0.4, -0.2) is 37.1 Å². The molecular formula is C12H12F2N2O3. The van der Waals surface area contributed by atoms with Gasteiger partial charge < -0.3 is 14.9 Å². The standard InChI is InChI=1S/C12H12F2N2O3/c1-15-10(17)2-3-16(6-11(18)19)9-5-7(13)4-8(14)12(9)15/h4-5H,2-3,6H2,1H3,(H,18,19). The zero-order valence-electron chi connectivity index (χ0n) is 10.2. The fourth-order valence-corrected chi connectivity index (χ4v) is 2.10. The van der Waals surface area contributed by atoms with E-state index in [9.17, 15) is 18.4 Å². The van der Waals surface area contributed by atoms with E-state index in [0.29, 0.717) is 6.07 Å². The Bertz CT molecular complexity index is 548. The number of rotatable bonds is 2. The quantitative estimate of drug-likeness (QED) is 0.877. The monoisotopic (exact) mass is 270 g/mol. The number of hydrogen-bond acceptors (Lipinski definition) is 3. The summed E-state index contributed by atoms with van der Waals surface area (Å²) in [5, 5.41) is 8.83. The second kappa shape index (κ2) is 4.83. The molecule has 0 spiro atoms. The van der Waals surface area contributed by atoms with E-state index in [1.807, 2.05) is 0 Å². The summed E-state index contributed by atoms with van der Waals surface area (Å²) < 4.78 is 27.1. The van der Waals surface area contributed by atoms with Gasteiger partial charge in [0, 0.05) is 26.1 Å². The number of aliphatic carboxylic acids is 1. The van der Waals surface area contributed by atoms with Crippen LogP contribution in [0.2, 0.25) is 0 Å². The van der Waals surface area contributed by atoms with E-state index in [1.165, 1.54) is 11.9 Å². The number of anilines is 2. The topological polar surface area (TPSA) is 60.9 Å². The van der Waals surface area contributed by atoms with Crippen molar-refractivity contribution < 1.29 is 23.5 Å². The number of carbonyl (C=O) groups is 2. The number of halogens is 2. The maximum absolute atomic E-state index is 13.8. The molecule has 19 heavy (non-hydrogen) atoms. The van der Waals surface area contributed by atoms with Crippen LogP contribution in [0.1, 0.15) is 6.42 Å². The average molecular weight is 270 g/mol. The minimum absolute atomic E-state index is 0.0412. The van der Waals surface area contributed by atoms with Gasteiger partial charge in [-0.25, -0.2) is 8.78 Å². The van der Waals surface area contributed by atoms with E-state index in [2.05, 4.69) is 0 Å². The van der Waals surface area contributed by atoms with Crippen molar-refractivity contribution in [2.45, 2.75) is 6.42 Å². The van der Waals surface area contributed by atoms with E-state index < -0.39 is 24.1 Å². The summed E-state index contributed by atoms with van der Waals surface area (Å²) in [5.74, 6) is -3.18. The van der Waals surface area contributed by atoms with Gasteiger partial charge in [0.25, 0.3) is 0 Å². The Morgan fingerprint density at radius 2 is 2.11 bits per heavy atom. The summed E-state index contributed by atoms with van der Waals surface area (Å²) in [4.78, 5) is 24.9. The lowest BCUT2D eigenvalue weighted by molar-refractivity contribution is -0.135. The maximum atomic E-state index is 13.8. The Kier molecular flexibility index (Phi) is 3.37. The van der Waals surface area contributed by atoms with Crippen LogP contribution in [0.15, 0.2) is 12.1 Å². The smallest absolute Gasteiger partial charge is 0.323 e. The molecule has 0 fully saturated rings. The molecule has 0 aromatic heterocycles. The molecule has 1 aromatic rings. The molecule has 1 aliphatic rings. The molecule has 1 N–H and O–H groups in total. The second-order valence-electron chi connectivity index (χ2n) is 4.27. The lowest BCUT2D eigenvalue weighted by atomic mass is 10.2. The minimum Gasteiger partial charge on any atom is -0.480 e. The molecule has 1 aromatic carbocycles. The molecule has 2 rings (SSSR count). The van der Waals surface area contributed by atoms with Gasteiger partial charge in [-0.05, 0) is 6.07 Å². The Morgan fingerprint density at radius 1 is 1.42 bits per heavy atom. The van der Waals surface area contributed by atoms with Crippen molar-refractivity contribution in [2.24, 2.45) is 0 Å². The number of benzene rings is 1. The molecule has 0 bridgehead atoms. The van der Waals surface area contributed by atoms with Crippen LogP contribution < -0.4 is 9.80 Å². The Labute approximate surface area is 108 Å². The van der Waals surface area contributed by atoms with Crippen LogP contribution in [0.5, 0.6) is 0 Å². The van der Waals surface area contributed by atoms with Gasteiger partial charge in [-0.2, -0.15) is 0 Å². The Balaban J connectivity index is 2.57. The summed E-state index contributed by atoms with van der Waals surface area (Å²) in [5.41, 5.74) is -0.0154. The van der Waals surface area contributed by atoms with Crippen molar-refractivity contribution in [3.8, 4) is 0 Å². The van der Waals surface area contributed by atoms with Crippen molar-refractivity contribution in [1.82, 2.24) is 0 Å². The normalized spacial score (nSPS) is 15.2. The number of hydrogen-bond donors (Lipinski definition) is 1. The lowest BCUT2D eigenvalue weighted by Crippen LogP contribution is -2.30. The van der Waals surface area contributed by atoms with E-state index in [1.54, 1.807) is 0 Å². The summed E-state index contributed by atoms with van der Waals surface area (Å²) in [6.07, 6.45) is 0.0412. The molecule has 0 saturated heterocycles. The van der Waals surface area contributed by atoms with Crippen molar-refractivity contribution in [1.29, 1.82) is 0 Å². The fourth-order valence-electron chi connectivity index (χ4n) is 2.10. The van der Waals surface area contributed by atoms with E-state index in [0.717, 1.165) is 11.0 Å². The molecule has 1 heterocycles. The van der Waals surface area contributed by atoms with E-state index >= 15 is 0 Å². The largest absolute Gasteiger partial charge is 0.480 e. The molecule has 0 radical (unpaired) electrons. The third kappa shape index (κ3) is 2.49. The molecule has 1 aliphatic heterocycles.